The van der Waals surface area contributed by atoms with E-state index in [1.807, 2.05) is 18.2 Å². The van der Waals surface area contributed by atoms with Crippen LogP contribution in [0.1, 0.15) is 59.4 Å². The lowest BCUT2D eigenvalue weighted by molar-refractivity contribution is -0.0841. The zero-order valence-electron chi connectivity index (χ0n) is 22.1. The summed E-state index contributed by atoms with van der Waals surface area (Å²) in [7, 11) is 0. The third-order valence-corrected chi connectivity index (χ3v) is 7.63. The van der Waals surface area contributed by atoms with Gasteiger partial charge in [-0.3, -0.25) is 9.80 Å². The minimum absolute atomic E-state index is 0.0253. The Morgan fingerprint density at radius 1 is 1.19 bits per heavy atom. The van der Waals surface area contributed by atoms with Gasteiger partial charge in [-0.25, -0.2) is 9.59 Å². The lowest BCUT2D eigenvalue weighted by Gasteiger charge is -2.41. The highest BCUT2D eigenvalue weighted by atomic mass is 16.6. The summed E-state index contributed by atoms with van der Waals surface area (Å²) in [6, 6.07) is 8.73. The highest BCUT2D eigenvalue weighted by molar-refractivity contribution is 5.70. The van der Waals surface area contributed by atoms with Crippen LogP contribution in [0.15, 0.2) is 30.3 Å². The molecule has 2 amide bonds. The average molecular weight is 505 g/mol. The number of carbonyl (C=O) groups excluding carboxylic acids is 2. The summed E-state index contributed by atoms with van der Waals surface area (Å²) >= 11 is 0. The number of carbonyl (C=O) groups is 2. The van der Waals surface area contributed by atoms with Gasteiger partial charge in [0.05, 0.1) is 37.4 Å². The van der Waals surface area contributed by atoms with Crippen LogP contribution in [0.5, 0.6) is 0 Å². The molecule has 0 bridgehead atoms. The average Bonchev–Trinajstić information content (AvgIpc) is 3.33. The van der Waals surface area contributed by atoms with Gasteiger partial charge in [0.15, 0.2) is 0 Å². The zero-order chi connectivity index (χ0) is 26.4. The van der Waals surface area contributed by atoms with Crippen molar-refractivity contribution < 1.29 is 34.0 Å². The summed E-state index contributed by atoms with van der Waals surface area (Å²) in [4.78, 5) is 28.4. The fourth-order valence-electron chi connectivity index (χ4n) is 5.72. The second-order valence-corrected chi connectivity index (χ2v) is 11.7. The van der Waals surface area contributed by atoms with Crippen LogP contribution in [-0.4, -0.2) is 87.6 Å². The molecule has 3 fully saturated rings. The second-order valence-electron chi connectivity index (χ2n) is 11.7. The summed E-state index contributed by atoms with van der Waals surface area (Å²) in [5.41, 5.74) is -0.563. The molecule has 2 aliphatic heterocycles. The normalized spacial score (nSPS) is 28.9. The molecule has 0 spiro atoms. The van der Waals surface area contributed by atoms with Crippen LogP contribution < -0.4 is 0 Å². The van der Waals surface area contributed by atoms with Gasteiger partial charge in [-0.15, -0.1) is 0 Å². The van der Waals surface area contributed by atoms with E-state index in [-0.39, 0.29) is 25.0 Å². The second kappa shape index (κ2) is 9.84. The van der Waals surface area contributed by atoms with Crippen LogP contribution in [-0.2, 0) is 14.2 Å². The van der Waals surface area contributed by atoms with Gasteiger partial charge in [-0.2, -0.15) is 0 Å². The van der Waals surface area contributed by atoms with Gasteiger partial charge in [0, 0.05) is 5.92 Å². The molecule has 9 nitrogen and oxygen atoms in total. The maximum Gasteiger partial charge on any atom is 0.412 e. The summed E-state index contributed by atoms with van der Waals surface area (Å²) in [6.07, 6.45) is -2.38. The first kappa shape index (κ1) is 26.7. The van der Waals surface area contributed by atoms with E-state index in [2.05, 4.69) is 12.1 Å². The Hall–Kier alpha value is -2.36. The number of amides is 2. The van der Waals surface area contributed by atoms with Crippen LogP contribution >= 0.6 is 0 Å². The van der Waals surface area contributed by atoms with Crippen molar-refractivity contribution in [3.63, 3.8) is 0 Å². The Kier molecular flexibility index (Phi) is 7.29. The standard InChI is InChI=1S/C27H40N2O7/c1-16(28-12-13-34-24(28)32)22(30)21(19-14-18(19)17-10-8-7-9-11-17)23(31)20-15-35-27(5,6)29(20)25(33)36-26(2,3)4/h7-11,16,18-23,30-31H,12-15H2,1-6H3/t16?,18?,19?,20-,21+,22?,23+/m1/s1. The van der Waals surface area contributed by atoms with Gasteiger partial charge in [-0.05, 0) is 65.4 Å². The molecule has 200 valence electrons. The number of hydrogen-bond acceptors (Lipinski definition) is 7. The van der Waals surface area contributed by atoms with E-state index in [1.54, 1.807) is 41.5 Å². The number of nitrogens with zero attached hydrogens (tertiary/aromatic N) is 2. The molecule has 1 saturated carbocycles. The smallest absolute Gasteiger partial charge is 0.412 e. The third kappa shape index (κ3) is 5.33. The molecule has 3 aliphatic rings. The molecular formula is C27H40N2O7. The van der Waals surface area contributed by atoms with Crippen molar-refractivity contribution in [2.75, 3.05) is 19.8 Å². The molecule has 4 unspecified atom stereocenters. The van der Waals surface area contributed by atoms with Crippen molar-refractivity contribution in [1.29, 1.82) is 0 Å². The van der Waals surface area contributed by atoms with E-state index in [4.69, 9.17) is 14.2 Å². The summed E-state index contributed by atoms with van der Waals surface area (Å²) < 4.78 is 16.7. The first-order chi connectivity index (χ1) is 16.8. The monoisotopic (exact) mass is 504 g/mol. The number of aliphatic hydroxyl groups is 2. The molecule has 1 aromatic carbocycles. The molecule has 4 rings (SSSR count). The highest BCUT2D eigenvalue weighted by Gasteiger charge is 2.57. The Labute approximate surface area is 213 Å². The van der Waals surface area contributed by atoms with Crippen molar-refractivity contribution in [1.82, 2.24) is 9.80 Å². The third-order valence-electron chi connectivity index (χ3n) is 7.63. The number of aliphatic hydroxyl groups excluding tert-OH is 2. The number of benzene rings is 1. The SMILES string of the molecule is CC(C(O)[C@H](C1CC1c1ccccc1)[C@@H](O)[C@H]1COC(C)(C)N1C(=O)OC(C)(C)C)N1CCOC1=O. The van der Waals surface area contributed by atoms with Crippen LogP contribution in [0.2, 0.25) is 0 Å². The van der Waals surface area contributed by atoms with Crippen molar-refractivity contribution in [2.24, 2.45) is 11.8 Å². The van der Waals surface area contributed by atoms with Gasteiger partial charge in [-0.1, -0.05) is 30.3 Å². The molecule has 36 heavy (non-hydrogen) atoms. The van der Waals surface area contributed by atoms with E-state index < -0.39 is 53.7 Å². The van der Waals surface area contributed by atoms with Crippen molar-refractivity contribution >= 4 is 12.2 Å². The Morgan fingerprint density at radius 3 is 2.44 bits per heavy atom. The molecule has 1 aliphatic carbocycles. The topological polar surface area (TPSA) is 109 Å². The first-order valence-corrected chi connectivity index (χ1v) is 12.8. The fraction of sp³-hybridized carbons (Fsp3) is 0.704. The lowest BCUT2D eigenvalue weighted by atomic mass is 9.82. The van der Waals surface area contributed by atoms with Crippen molar-refractivity contribution in [2.45, 2.75) is 89.5 Å². The molecule has 2 saturated heterocycles. The van der Waals surface area contributed by atoms with Gasteiger partial charge in [0.1, 0.15) is 17.9 Å². The maximum atomic E-state index is 13.2. The van der Waals surface area contributed by atoms with Crippen LogP contribution in [0.25, 0.3) is 0 Å². The minimum atomic E-state index is -1.10. The molecular weight excluding hydrogens is 464 g/mol. The Balaban J connectivity index is 1.63. The van der Waals surface area contributed by atoms with Gasteiger partial charge in [0.25, 0.3) is 0 Å². The van der Waals surface area contributed by atoms with Crippen molar-refractivity contribution in [3.8, 4) is 0 Å². The predicted molar refractivity (Wildman–Crippen MR) is 132 cm³/mol. The number of ether oxygens (including phenoxy) is 3. The van der Waals surface area contributed by atoms with E-state index in [9.17, 15) is 19.8 Å². The van der Waals surface area contributed by atoms with Gasteiger partial charge < -0.3 is 24.4 Å². The number of hydrogen-bond donors (Lipinski definition) is 2. The summed E-state index contributed by atoms with van der Waals surface area (Å²) in [6.45, 7) is 11.4. The fourth-order valence-corrected chi connectivity index (χ4v) is 5.72. The summed E-state index contributed by atoms with van der Waals surface area (Å²) in [5, 5.41) is 23.5. The minimum Gasteiger partial charge on any atom is -0.448 e. The van der Waals surface area contributed by atoms with Gasteiger partial charge >= 0.3 is 12.2 Å². The zero-order valence-corrected chi connectivity index (χ0v) is 22.1. The van der Waals surface area contributed by atoms with Crippen molar-refractivity contribution in [3.05, 3.63) is 35.9 Å². The quantitative estimate of drug-likeness (QED) is 0.586. The van der Waals surface area contributed by atoms with Crippen LogP contribution in [0.3, 0.4) is 0 Å². The maximum absolute atomic E-state index is 13.2. The first-order valence-electron chi connectivity index (χ1n) is 12.8. The predicted octanol–water partition coefficient (Wildman–Crippen LogP) is 3.34. The number of cyclic esters (lactones) is 1. The largest absolute Gasteiger partial charge is 0.448 e. The van der Waals surface area contributed by atoms with E-state index in [1.165, 1.54) is 9.80 Å². The number of rotatable bonds is 7. The van der Waals surface area contributed by atoms with Crippen LogP contribution in [0, 0.1) is 11.8 Å². The summed E-state index contributed by atoms with van der Waals surface area (Å²) in [5.74, 6) is -0.461. The Bertz CT molecular complexity index is 947. The van der Waals surface area contributed by atoms with E-state index in [0.717, 1.165) is 12.0 Å². The highest BCUT2D eigenvalue weighted by Crippen LogP contribution is 2.55. The Morgan fingerprint density at radius 2 is 1.86 bits per heavy atom. The molecule has 9 heteroatoms. The van der Waals surface area contributed by atoms with Crippen LogP contribution in [0.4, 0.5) is 9.59 Å². The lowest BCUT2D eigenvalue weighted by Crippen LogP contribution is -2.58. The van der Waals surface area contributed by atoms with Gasteiger partial charge in [0.2, 0.25) is 0 Å². The van der Waals surface area contributed by atoms with E-state index >= 15 is 0 Å². The molecule has 7 atom stereocenters. The van der Waals surface area contributed by atoms with E-state index in [0.29, 0.717) is 6.54 Å². The molecule has 2 N–H and O–H groups in total. The molecule has 2 heterocycles. The molecule has 0 radical (unpaired) electrons. The molecule has 1 aromatic rings. The molecule has 0 aromatic heterocycles.